The molecule has 2 aromatic carbocycles. The molecular weight excluding hydrogens is 479 g/mol. The number of nitrogens with one attached hydrogen (secondary N) is 1. The van der Waals surface area contributed by atoms with Crippen LogP contribution in [0.4, 0.5) is 0 Å². The molecule has 156 valence electrons. The highest BCUT2D eigenvalue weighted by molar-refractivity contribution is 9.10. The second-order valence-corrected chi connectivity index (χ2v) is 8.21. The molecule has 0 bridgehead atoms. The van der Waals surface area contributed by atoms with E-state index in [4.69, 9.17) is 27.9 Å². The third-order valence-electron chi connectivity index (χ3n) is 4.23. The predicted molar refractivity (Wildman–Crippen MR) is 119 cm³/mol. The van der Waals surface area contributed by atoms with Crippen molar-refractivity contribution in [2.45, 2.75) is 32.9 Å². The monoisotopic (exact) mass is 500 g/mol. The largest absolute Gasteiger partial charge is 0.483 e. The van der Waals surface area contributed by atoms with E-state index < -0.39 is 6.04 Å². The fourth-order valence-corrected chi connectivity index (χ4v) is 3.50. The molecule has 2 rings (SSSR count). The standard InChI is InChI=1S/C21H23BrCl2N2O3/c1-3-10-25-21(28)14(2)26(12-15-4-6-16(23)7-5-15)20(27)13-29-19-9-8-17(24)11-18(19)22/h4-9,11,14H,3,10,12-13H2,1-2H3,(H,25,28). The number of carbonyl (C=O) groups excluding carboxylic acids is 2. The van der Waals surface area contributed by atoms with Crippen LogP contribution in [0.25, 0.3) is 0 Å². The second-order valence-electron chi connectivity index (χ2n) is 6.48. The smallest absolute Gasteiger partial charge is 0.261 e. The van der Waals surface area contributed by atoms with Crippen LogP contribution in [-0.2, 0) is 16.1 Å². The Bertz CT molecular complexity index is 846. The molecule has 0 aliphatic carbocycles. The molecular formula is C21H23BrCl2N2O3. The summed E-state index contributed by atoms with van der Waals surface area (Å²) in [6.07, 6.45) is 0.817. The van der Waals surface area contributed by atoms with Crippen LogP contribution in [0.2, 0.25) is 10.0 Å². The fourth-order valence-electron chi connectivity index (χ4n) is 2.58. The molecule has 0 radical (unpaired) electrons. The zero-order chi connectivity index (χ0) is 21.4. The summed E-state index contributed by atoms with van der Waals surface area (Å²) < 4.78 is 6.30. The molecule has 5 nitrogen and oxygen atoms in total. The first-order valence-corrected chi connectivity index (χ1v) is 10.8. The van der Waals surface area contributed by atoms with Crippen LogP contribution in [0.15, 0.2) is 46.9 Å². The van der Waals surface area contributed by atoms with E-state index in [2.05, 4.69) is 21.2 Å². The maximum atomic E-state index is 12.9. The topological polar surface area (TPSA) is 58.6 Å². The maximum absolute atomic E-state index is 12.9. The summed E-state index contributed by atoms with van der Waals surface area (Å²) in [6, 6.07) is 11.6. The van der Waals surface area contributed by atoms with Crippen LogP contribution in [0.5, 0.6) is 5.75 Å². The molecule has 2 aromatic rings. The zero-order valence-corrected chi connectivity index (χ0v) is 19.4. The highest BCUT2D eigenvalue weighted by atomic mass is 79.9. The van der Waals surface area contributed by atoms with Crippen molar-refractivity contribution in [1.82, 2.24) is 10.2 Å². The normalized spacial score (nSPS) is 11.6. The van der Waals surface area contributed by atoms with Crippen molar-refractivity contribution in [3.05, 3.63) is 62.5 Å². The van der Waals surface area contributed by atoms with Crippen molar-refractivity contribution >= 4 is 50.9 Å². The van der Waals surface area contributed by atoms with Crippen LogP contribution in [0.3, 0.4) is 0 Å². The Kier molecular flexibility index (Phi) is 9.27. The van der Waals surface area contributed by atoms with Crippen LogP contribution >= 0.6 is 39.1 Å². The van der Waals surface area contributed by atoms with E-state index >= 15 is 0 Å². The summed E-state index contributed by atoms with van der Waals surface area (Å²) in [4.78, 5) is 26.9. The minimum atomic E-state index is -0.651. The molecule has 0 aromatic heterocycles. The summed E-state index contributed by atoms with van der Waals surface area (Å²) >= 11 is 15.2. The highest BCUT2D eigenvalue weighted by Gasteiger charge is 2.26. The minimum Gasteiger partial charge on any atom is -0.483 e. The van der Waals surface area contributed by atoms with Crippen molar-refractivity contribution in [3.8, 4) is 5.75 Å². The van der Waals surface area contributed by atoms with Gasteiger partial charge in [0, 0.05) is 23.1 Å². The van der Waals surface area contributed by atoms with Gasteiger partial charge in [-0.1, -0.05) is 42.3 Å². The van der Waals surface area contributed by atoms with Crippen molar-refractivity contribution in [1.29, 1.82) is 0 Å². The van der Waals surface area contributed by atoms with E-state index in [9.17, 15) is 9.59 Å². The Morgan fingerprint density at radius 2 is 1.79 bits per heavy atom. The average molecular weight is 502 g/mol. The molecule has 0 heterocycles. The molecule has 0 aliphatic rings. The average Bonchev–Trinajstić information content (AvgIpc) is 2.70. The third-order valence-corrected chi connectivity index (χ3v) is 5.33. The molecule has 1 N–H and O–H groups in total. The van der Waals surface area contributed by atoms with Gasteiger partial charge in [-0.15, -0.1) is 0 Å². The minimum absolute atomic E-state index is 0.207. The molecule has 29 heavy (non-hydrogen) atoms. The summed E-state index contributed by atoms with van der Waals surface area (Å²) in [5.41, 5.74) is 0.866. The van der Waals surface area contributed by atoms with Gasteiger partial charge >= 0.3 is 0 Å². The number of rotatable bonds is 9. The number of ether oxygens (including phenoxy) is 1. The molecule has 1 unspecified atom stereocenters. The van der Waals surface area contributed by atoms with Crippen LogP contribution in [0, 0.1) is 0 Å². The number of benzene rings is 2. The van der Waals surface area contributed by atoms with Gasteiger partial charge in [0.15, 0.2) is 6.61 Å². The van der Waals surface area contributed by atoms with E-state index in [1.54, 1.807) is 37.3 Å². The van der Waals surface area contributed by atoms with Crippen molar-refractivity contribution in [2.24, 2.45) is 0 Å². The van der Waals surface area contributed by atoms with Gasteiger partial charge in [-0.2, -0.15) is 0 Å². The van der Waals surface area contributed by atoms with E-state index in [1.807, 2.05) is 19.1 Å². The van der Waals surface area contributed by atoms with Crippen LogP contribution in [-0.4, -0.2) is 35.9 Å². The number of hydrogen-bond acceptors (Lipinski definition) is 3. The number of carbonyl (C=O) groups is 2. The van der Waals surface area contributed by atoms with Crippen LogP contribution < -0.4 is 10.1 Å². The Morgan fingerprint density at radius 3 is 2.41 bits per heavy atom. The lowest BCUT2D eigenvalue weighted by atomic mass is 10.1. The Labute approximate surface area is 189 Å². The van der Waals surface area contributed by atoms with E-state index in [-0.39, 0.29) is 25.0 Å². The Balaban J connectivity index is 2.14. The summed E-state index contributed by atoms with van der Waals surface area (Å²) in [7, 11) is 0. The van der Waals surface area contributed by atoms with Gasteiger partial charge in [0.1, 0.15) is 11.8 Å². The first kappa shape index (κ1) is 23.5. The van der Waals surface area contributed by atoms with Crippen LogP contribution in [0.1, 0.15) is 25.8 Å². The number of nitrogens with zero attached hydrogens (tertiary/aromatic N) is 1. The quantitative estimate of drug-likeness (QED) is 0.521. The summed E-state index contributed by atoms with van der Waals surface area (Å²) in [6.45, 7) is 4.29. The van der Waals surface area contributed by atoms with Gasteiger partial charge in [-0.05, 0) is 65.2 Å². The molecule has 0 aliphatic heterocycles. The number of halogens is 3. The van der Waals surface area contributed by atoms with Gasteiger partial charge in [0.2, 0.25) is 5.91 Å². The molecule has 0 fully saturated rings. The van der Waals surface area contributed by atoms with E-state index in [0.717, 1.165) is 12.0 Å². The Morgan fingerprint density at radius 1 is 1.14 bits per heavy atom. The van der Waals surface area contributed by atoms with Gasteiger partial charge < -0.3 is 15.0 Å². The lowest BCUT2D eigenvalue weighted by molar-refractivity contribution is -0.142. The molecule has 0 saturated carbocycles. The van der Waals surface area contributed by atoms with Crippen molar-refractivity contribution in [2.75, 3.05) is 13.2 Å². The van der Waals surface area contributed by atoms with Gasteiger partial charge in [0.05, 0.1) is 4.47 Å². The molecule has 8 heteroatoms. The predicted octanol–water partition coefficient (Wildman–Crippen LogP) is 5.08. The first-order chi connectivity index (χ1) is 13.8. The summed E-state index contributed by atoms with van der Waals surface area (Å²) in [5.74, 6) is -0.0138. The SMILES string of the molecule is CCCNC(=O)C(C)N(Cc1ccc(Cl)cc1)C(=O)COc1ccc(Cl)cc1Br. The summed E-state index contributed by atoms with van der Waals surface area (Å²) in [5, 5.41) is 4.00. The van der Waals surface area contributed by atoms with Gasteiger partial charge in [0.25, 0.3) is 5.91 Å². The van der Waals surface area contributed by atoms with E-state index in [1.165, 1.54) is 4.90 Å². The van der Waals surface area contributed by atoms with Crippen molar-refractivity contribution < 1.29 is 14.3 Å². The highest BCUT2D eigenvalue weighted by Crippen LogP contribution is 2.28. The molecule has 1 atom stereocenters. The zero-order valence-electron chi connectivity index (χ0n) is 16.3. The number of hydrogen-bond donors (Lipinski definition) is 1. The molecule has 2 amide bonds. The maximum Gasteiger partial charge on any atom is 0.261 e. The van der Waals surface area contributed by atoms with Gasteiger partial charge in [-0.25, -0.2) is 0 Å². The van der Waals surface area contributed by atoms with Crippen molar-refractivity contribution in [3.63, 3.8) is 0 Å². The second kappa shape index (κ2) is 11.4. The van der Waals surface area contributed by atoms with E-state index in [0.29, 0.717) is 26.8 Å². The lowest BCUT2D eigenvalue weighted by Crippen LogP contribution is -2.49. The number of amides is 2. The van der Waals surface area contributed by atoms with Gasteiger partial charge in [-0.3, -0.25) is 9.59 Å². The molecule has 0 spiro atoms. The third kappa shape index (κ3) is 7.21. The fraction of sp³-hybridized carbons (Fsp3) is 0.333. The lowest BCUT2D eigenvalue weighted by Gasteiger charge is -2.28. The first-order valence-electron chi connectivity index (χ1n) is 9.21. The Hall–Kier alpha value is -1.76. The molecule has 0 saturated heterocycles.